The lowest BCUT2D eigenvalue weighted by Gasteiger charge is -2.18. The van der Waals surface area contributed by atoms with Gasteiger partial charge in [-0.05, 0) is 109 Å². The minimum atomic E-state index is -0.790. The molecule has 0 amide bonds. The van der Waals surface area contributed by atoms with Crippen molar-refractivity contribution in [1.82, 2.24) is 0 Å². The van der Waals surface area contributed by atoms with Crippen molar-refractivity contribution in [2.24, 2.45) is 0 Å². The second-order valence-electron chi connectivity index (χ2n) is 20.2. The summed E-state index contributed by atoms with van der Waals surface area (Å²) in [6.45, 7) is 6.55. The van der Waals surface area contributed by atoms with Crippen molar-refractivity contribution in [2.75, 3.05) is 13.2 Å². The normalized spacial score (nSPS) is 12.5. The Morgan fingerprint density at radius 3 is 0.887 bits per heavy atom. The van der Waals surface area contributed by atoms with Gasteiger partial charge < -0.3 is 14.2 Å². The quantitative estimate of drug-likeness (QED) is 0.0261. The molecule has 71 heavy (non-hydrogen) atoms. The highest BCUT2D eigenvalue weighted by Gasteiger charge is 2.19. The van der Waals surface area contributed by atoms with E-state index in [0.717, 1.165) is 116 Å². The number of hydrogen-bond donors (Lipinski definition) is 0. The van der Waals surface area contributed by atoms with Gasteiger partial charge in [0.05, 0.1) is 0 Å². The van der Waals surface area contributed by atoms with Crippen LogP contribution in [-0.4, -0.2) is 37.2 Å². The number of allylic oxidation sites excluding steroid dienone is 12. The molecule has 0 aromatic rings. The topological polar surface area (TPSA) is 78.9 Å². The lowest BCUT2D eigenvalue weighted by molar-refractivity contribution is -0.167. The van der Waals surface area contributed by atoms with Crippen molar-refractivity contribution in [3.8, 4) is 0 Å². The van der Waals surface area contributed by atoms with Crippen LogP contribution in [0, 0.1) is 0 Å². The molecule has 0 heterocycles. The third-order valence-corrected chi connectivity index (χ3v) is 13.1. The van der Waals surface area contributed by atoms with Crippen molar-refractivity contribution in [3.63, 3.8) is 0 Å². The van der Waals surface area contributed by atoms with E-state index in [0.29, 0.717) is 19.3 Å². The van der Waals surface area contributed by atoms with Gasteiger partial charge in [-0.25, -0.2) is 0 Å². The minimum Gasteiger partial charge on any atom is -0.462 e. The molecule has 0 saturated heterocycles. The Bertz CT molecular complexity index is 1320. The van der Waals surface area contributed by atoms with Crippen molar-refractivity contribution >= 4 is 17.9 Å². The van der Waals surface area contributed by atoms with Gasteiger partial charge in [0.2, 0.25) is 0 Å². The first-order valence-corrected chi connectivity index (χ1v) is 30.4. The standard InChI is InChI=1S/C65H114O6/c1-4-7-10-13-16-19-22-25-27-29-31-32-34-35-37-40-43-46-49-52-55-58-64(67)70-61-62(60-69-63(66)57-54-51-48-45-42-39-24-21-18-15-12-9-6-3)71-65(68)59-56-53-50-47-44-41-38-36-33-30-28-26-23-20-17-14-11-8-5-2/h12,15,17,20-21,24,26,28-29,31,33,36,62H,4-11,13-14,16,18-19,22-23,25,27,30,32,34-35,37-61H2,1-3H3/b15-12-,20-17-,24-21-,28-26-,31-29-,36-33-. The number of rotatable bonds is 55. The monoisotopic (exact) mass is 991 g/mol. The van der Waals surface area contributed by atoms with Crippen LogP contribution in [0.4, 0.5) is 0 Å². The third-order valence-electron chi connectivity index (χ3n) is 13.1. The van der Waals surface area contributed by atoms with Crippen molar-refractivity contribution in [1.29, 1.82) is 0 Å². The zero-order chi connectivity index (χ0) is 51.4. The first-order chi connectivity index (χ1) is 35.0. The van der Waals surface area contributed by atoms with E-state index in [1.54, 1.807) is 0 Å². The maximum atomic E-state index is 12.9. The number of unbranched alkanes of at least 4 members (excludes halogenated alkanes) is 32. The first kappa shape index (κ1) is 67.8. The summed E-state index contributed by atoms with van der Waals surface area (Å²) in [5.74, 6) is -0.905. The molecule has 1 unspecified atom stereocenters. The Labute approximate surface area is 440 Å². The molecule has 0 rings (SSSR count). The van der Waals surface area contributed by atoms with Crippen molar-refractivity contribution < 1.29 is 28.6 Å². The number of esters is 3. The van der Waals surface area contributed by atoms with Gasteiger partial charge in [-0.15, -0.1) is 0 Å². The van der Waals surface area contributed by atoms with Crippen molar-refractivity contribution in [2.45, 2.75) is 309 Å². The zero-order valence-corrected chi connectivity index (χ0v) is 47.0. The number of ether oxygens (including phenoxy) is 3. The fraction of sp³-hybridized carbons (Fsp3) is 0.769. The van der Waals surface area contributed by atoms with Crippen LogP contribution < -0.4 is 0 Å². The van der Waals surface area contributed by atoms with Crippen LogP contribution >= 0.6 is 0 Å². The summed E-state index contributed by atoms with van der Waals surface area (Å²) in [7, 11) is 0. The number of carbonyl (C=O) groups is 3. The average Bonchev–Trinajstić information content (AvgIpc) is 3.37. The first-order valence-electron chi connectivity index (χ1n) is 30.4. The third kappa shape index (κ3) is 57.6. The van der Waals surface area contributed by atoms with Gasteiger partial charge >= 0.3 is 17.9 Å². The fourth-order valence-corrected chi connectivity index (χ4v) is 8.54. The zero-order valence-electron chi connectivity index (χ0n) is 47.0. The van der Waals surface area contributed by atoms with E-state index in [1.165, 1.54) is 148 Å². The Morgan fingerprint density at radius 2 is 0.535 bits per heavy atom. The number of hydrogen-bond acceptors (Lipinski definition) is 6. The van der Waals surface area contributed by atoms with Crippen LogP contribution in [0.3, 0.4) is 0 Å². The summed E-state index contributed by atoms with van der Waals surface area (Å²) in [5, 5.41) is 0. The molecule has 0 radical (unpaired) electrons. The maximum absolute atomic E-state index is 12.9. The molecule has 0 N–H and O–H groups in total. The molecule has 0 saturated carbocycles. The molecule has 6 heteroatoms. The van der Waals surface area contributed by atoms with E-state index in [9.17, 15) is 14.4 Å². The lowest BCUT2D eigenvalue weighted by atomic mass is 10.1. The van der Waals surface area contributed by atoms with Crippen LogP contribution in [0.25, 0.3) is 0 Å². The van der Waals surface area contributed by atoms with Crippen LogP contribution in [0.2, 0.25) is 0 Å². The van der Waals surface area contributed by atoms with Gasteiger partial charge in [-0.1, -0.05) is 248 Å². The molecule has 0 spiro atoms. The van der Waals surface area contributed by atoms with Gasteiger partial charge in [0.25, 0.3) is 0 Å². The molecular weight excluding hydrogens is 877 g/mol. The second kappa shape index (κ2) is 59.4. The maximum Gasteiger partial charge on any atom is 0.306 e. The van der Waals surface area contributed by atoms with E-state index >= 15 is 0 Å². The summed E-state index contributed by atoms with van der Waals surface area (Å²) in [4.78, 5) is 38.2. The van der Waals surface area contributed by atoms with E-state index in [-0.39, 0.29) is 31.1 Å². The molecule has 1 atom stereocenters. The van der Waals surface area contributed by atoms with Gasteiger partial charge in [0.15, 0.2) is 6.10 Å². The summed E-state index contributed by atoms with van der Waals surface area (Å²) >= 11 is 0. The minimum absolute atomic E-state index is 0.0857. The number of carbonyl (C=O) groups excluding carboxylic acids is 3. The van der Waals surface area contributed by atoms with Crippen LogP contribution in [-0.2, 0) is 28.6 Å². The van der Waals surface area contributed by atoms with Crippen LogP contribution in [0.5, 0.6) is 0 Å². The summed E-state index contributed by atoms with van der Waals surface area (Å²) in [5.41, 5.74) is 0. The molecule has 6 nitrogen and oxygen atoms in total. The summed E-state index contributed by atoms with van der Waals surface area (Å²) in [6.07, 6.45) is 76.1. The highest BCUT2D eigenvalue weighted by molar-refractivity contribution is 5.71. The van der Waals surface area contributed by atoms with Gasteiger partial charge in [-0.3, -0.25) is 14.4 Å². The van der Waals surface area contributed by atoms with E-state index in [2.05, 4.69) is 93.7 Å². The van der Waals surface area contributed by atoms with Gasteiger partial charge in [0, 0.05) is 19.3 Å². The van der Waals surface area contributed by atoms with E-state index < -0.39 is 6.10 Å². The van der Waals surface area contributed by atoms with Gasteiger partial charge in [0.1, 0.15) is 13.2 Å². The summed E-state index contributed by atoms with van der Waals surface area (Å²) < 4.78 is 16.9. The van der Waals surface area contributed by atoms with Crippen molar-refractivity contribution in [3.05, 3.63) is 72.9 Å². The second-order valence-corrected chi connectivity index (χ2v) is 20.2. The molecular formula is C65H114O6. The predicted molar refractivity (Wildman–Crippen MR) is 307 cm³/mol. The Kier molecular flexibility index (Phi) is 56.8. The molecule has 0 aromatic carbocycles. The van der Waals surface area contributed by atoms with Crippen LogP contribution in [0.15, 0.2) is 72.9 Å². The summed E-state index contributed by atoms with van der Waals surface area (Å²) in [6, 6.07) is 0. The smallest absolute Gasteiger partial charge is 0.306 e. The Balaban J connectivity index is 4.37. The highest BCUT2D eigenvalue weighted by Crippen LogP contribution is 2.15. The molecule has 0 bridgehead atoms. The molecule has 0 aromatic heterocycles. The van der Waals surface area contributed by atoms with Gasteiger partial charge in [-0.2, -0.15) is 0 Å². The Hall–Kier alpha value is -3.15. The van der Waals surface area contributed by atoms with E-state index in [4.69, 9.17) is 14.2 Å². The average molecular weight is 992 g/mol. The molecule has 410 valence electrons. The molecule has 0 aliphatic rings. The molecule has 0 aliphatic heterocycles. The predicted octanol–water partition coefficient (Wildman–Crippen LogP) is 20.5. The lowest BCUT2D eigenvalue weighted by Crippen LogP contribution is -2.30. The molecule has 0 fully saturated rings. The van der Waals surface area contributed by atoms with Crippen LogP contribution in [0.1, 0.15) is 303 Å². The van der Waals surface area contributed by atoms with E-state index in [1.807, 2.05) is 0 Å². The SMILES string of the molecule is CCC/C=C\C/C=C\CCCCCCCC(=O)OCC(COC(=O)CCCCCCCCCCC/C=C\CCCCCCCCCC)OC(=O)CCCCCCCC/C=C\C/C=C\C/C=C\CCCCC. The highest BCUT2D eigenvalue weighted by atomic mass is 16.6. The fourth-order valence-electron chi connectivity index (χ4n) is 8.54. The largest absolute Gasteiger partial charge is 0.462 e. The Morgan fingerprint density at radius 1 is 0.282 bits per heavy atom. The molecule has 0 aliphatic carbocycles.